The molecule has 0 saturated heterocycles. The molecule has 0 aliphatic heterocycles. The Bertz CT molecular complexity index is 1820. The maximum atomic E-state index is 2.46. The molecule has 0 spiro atoms. The fourth-order valence-corrected chi connectivity index (χ4v) is 5.86. The van der Waals surface area contributed by atoms with Crippen LogP contribution in [0.1, 0.15) is 26.3 Å². The van der Waals surface area contributed by atoms with Gasteiger partial charge in [0.2, 0.25) is 0 Å². The Labute approximate surface area is 211 Å². The lowest BCUT2D eigenvalue weighted by molar-refractivity contribution is 0.587. The van der Waals surface area contributed by atoms with Crippen LogP contribution in [0.5, 0.6) is 0 Å². The number of rotatable bonds is 2. The molecule has 0 aliphatic rings. The molecule has 0 bridgehead atoms. The summed E-state index contributed by atoms with van der Waals surface area (Å²) < 4.78 is 4.87. The molecule has 2 nitrogen and oxygen atoms in total. The maximum Gasteiger partial charge on any atom is 0.0541 e. The maximum absolute atomic E-state index is 2.46. The Balaban J connectivity index is 1.62. The van der Waals surface area contributed by atoms with Crippen molar-refractivity contribution >= 4 is 43.6 Å². The van der Waals surface area contributed by atoms with E-state index in [0.29, 0.717) is 0 Å². The van der Waals surface area contributed by atoms with E-state index in [4.69, 9.17) is 0 Å². The van der Waals surface area contributed by atoms with Crippen molar-refractivity contribution < 1.29 is 0 Å². The van der Waals surface area contributed by atoms with E-state index in [-0.39, 0.29) is 5.41 Å². The normalized spacial score (nSPS) is 12.3. The summed E-state index contributed by atoms with van der Waals surface area (Å²) >= 11 is 0. The van der Waals surface area contributed by atoms with Gasteiger partial charge in [0.25, 0.3) is 0 Å². The zero-order chi connectivity index (χ0) is 24.4. The molecule has 0 fully saturated rings. The molecule has 0 unspecified atom stereocenters. The van der Waals surface area contributed by atoms with E-state index in [2.05, 4.69) is 145 Å². The third-order valence-corrected chi connectivity index (χ3v) is 7.45. The molecule has 7 aromatic rings. The Morgan fingerprint density at radius 3 is 1.25 bits per heavy atom. The van der Waals surface area contributed by atoms with Gasteiger partial charge in [0.15, 0.2) is 0 Å². The first-order valence-electron chi connectivity index (χ1n) is 12.6. The van der Waals surface area contributed by atoms with Crippen LogP contribution in [0.4, 0.5) is 0 Å². The van der Waals surface area contributed by atoms with E-state index >= 15 is 0 Å². The van der Waals surface area contributed by atoms with E-state index in [1.165, 1.54) is 60.5 Å². The molecule has 2 aromatic heterocycles. The van der Waals surface area contributed by atoms with Crippen LogP contribution in [0.25, 0.3) is 55.0 Å². The van der Waals surface area contributed by atoms with Crippen molar-refractivity contribution in [2.24, 2.45) is 0 Å². The highest BCUT2D eigenvalue weighted by molar-refractivity contribution is 6.10. The van der Waals surface area contributed by atoms with Crippen molar-refractivity contribution in [2.45, 2.75) is 26.2 Å². The van der Waals surface area contributed by atoms with Gasteiger partial charge in [-0.15, -0.1) is 0 Å². The topological polar surface area (TPSA) is 9.86 Å². The minimum atomic E-state index is -0.0127. The standard InChI is InChI=1S/C34H28N2/c1-34(2,3)28-21-20-23(35-29-16-8-4-12-24(29)25-13-5-9-17-30(25)35)22-33(28)36-31-18-10-6-14-26(31)27-15-7-11-19-32(27)36/h4-22H,1-3H3. The van der Waals surface area contributed by atoms with Crippen LogP contribution in [-0.2, 0) is 5.41 Å². The smallest absolute Gasteiger partial charge is 0.0541 e. The van der Waals surface area contributed by atoms with Gasteiger partial charge in [-0.25, -0.2) is 0 Å². The van der Waals surface area contributed by atoms with Crippen molar-refractivity contribution in [3.05, 3.63) is 121 Å². The average molecular weight is 465 g/mol. The van der Waals surface area contributed by atoms with Crippen LogP contribution in [0, 0.1) is 0 Å². The van der Waals surface area contributed by atoms with Crippen LogP contribution in [0.3, 0.4) is 0 Å². The molecule has 174 valence electrons. The fraction of sp³-hybridized carbons (Fsp3) is 0.118. The second-order valence-electron chi connectivity index (χ2n) is 10.7. The summed E-state index contributed by atoms with van der Waals surface area (Å²) in [6.07, 6.45) is 0. The van der Waals surface area contributed by atoms with Crippen molar-refractivity contribution in [1.29, 1.82) is 0 Å². The van der Waals surface area contributed by atoms with Crippen LogP contribution in [0.2, 0.25) is 0 Å². The molecular formula is C34H28N2. The van der Waals surface area contributed by atoms with E-state index < -0.39 is 0 Å². The SMILES string of the molecule is CC(C)(C)c1ccc(-n2c3ccccc3c3ccccc32)cc1-n1c2ccccc2c2ccccc21. The lowest BCUT2D eigenvalue weighted by Crippen LogP contribution is -2.16. The zero-order valence-corrected chi connectivity index (χ0v) is 20.9. The summed E-state index contributed by atoms with van der Waals surface area (Å²) in [7, 11) is 0. The first-order valence-corrected chi connectivity index (χ1v) is 12.6. The van der Waals surface area contributed by atoms with Crippen molar-refractivity contribution in [3.8, 4) is 11.4 Å². The second kappa shape index (κ2) is 7.60. The predicted octanol–water partition coefficient (Wildman–Crippen LogP) is 9.18. The molecular weight excluding hydrogens is 436 g/mol. The summed E-state index contributed by atoms with van der Waals surface area (Å²) in [5, 5.41) is 5.14. The summed E-state index contributed by atoms with van der Waals surface area (Å²) in [5.41, 5.74) is 8.68. The Kier molecular flexibility index (Phi) is 4.44. The zero-order valence-electron chi connectivity index (χ0n) is 20.9. The Hall–Kier alpha value is -4.30. The van der Waals surface area contributed by atoms with Gasteiger partial charge in [0.1, 0.15) is 0 Å². The molecule has 2 heteroatoms. The Morgan fingerprint density at radius 2 is 0.833 bits per heavy atom. The number of benzene rings is 5. The van der Waals surface area contributed by atoms with Crippen LogP contribution in [-0.4, -0.2) is 9.13 Å². The molecule has 2 heterocycles. The van der Waals surface area contributed by atoms with Gasteiger partial charge in [-0.3, -0.25) is 0 Å². The number of aromatic nitrogens is 2. The van der Waals surface area contributed by atoms with Crippen molar-refractivity contribution in [3.63, 3.8) is 0 Å². The largest absolute Gasteiger partial charge is 0.309 e. The fourth-order valence-electron chi connectivity index (χ4n) is 5.86. The highest BCUT2D eigenvalue weighted by atomic mass is 15.0. The second-order valence-corrected chi connectivity index (χ2v) is 10.7. The van der Waals surface area contributed by atoms with Crippen LogP contribution >= 0.6 is 0 Å². The molecule has 0 N–H and O–H groups in total. The molecule has 5 aromatic carbocycles. The predicted molar refractivity (Wildman–Crippen MR) is 154 cm³/mol. The minimum absolute atomic E-state index is 0.0127. The molecule has 0 saturated carbocycles. The van der Waals surface area contributed by atoms with Crippen LogP contribution in [0.15, 0.2) is 115 Å². The number of hydrogen-bond acceptors (Lipinski definition) is 0. The minimum Gasteiger partial charge on any atom is -0.309 e. The highest BCUT2D eigenvalue weighted by Gasteiger charge is 2.23. The van der Waals surface area contributed by atoms with Crippen LogP contribution < -0.4 is 0 Å². The van der Waals surface area contributed by atoms with E-state index in [0.717, 1.165) is 0 Å². The van der Waals surface area contributed by atoms with E-state index in [9.17, 15) is 0 Å². The van der Waals surface area contributed by atoms with E-state index in [1.54, 1.807) is 0 Å². The number of hydrogen-bond donors (Lipinski definition) is 0. The van der Waals surface area contributed by atoms with Gasteiger partial charge in [0, 0.05) is 27.2 Å². The lowest BCUT2D eigenvalue weighted by Gasteiger charge is -2.25. The van der Waals surface area contributed by atoms with Gasteiger partial charge in [0.05, 0.1) is 27.8 Å². The van der Waals surface area contributed by atoms with Gasteiger partial charge in [-0.2, -0.15) is 0 Å². The molecule has 36 heavy (non-hydrogen) atoms. The Morgan fingerprint density at radius 1 is 0.444 bits per heavy atom. The summed E-state index contributed by atoms with van der Waals surface area (Å²) in [6.45, 7) is 6.92. The van der Waals surface area contributed by atoms with Gasteiger partial charge >= 0.3 is 0 Å². The summed E-state index contributed by atoms with van der Waals surface area (Å²) in [6, 6.07) is 42.0. The number of fused-ring (bicyclic) bond motifs is 6. The average Bonchev–Trinajstić information content (AvgIpc) is 3.41. The van der Waals surface area contributed by atoms with Gasteiger partial charge in [-0.05, 0) is 47.4 Å². The number of nitrogens with zero attached hydrogens (tertiary/aromatic N) is 2. The molecule has 0 amide bonds. The third kappa shape index (κ3) is 2.97. The molecule has 0 atom stereocenters. The highest BCUT2D eigenvalue weighted by Crippen LogP contribution is 2.39. The quantitative estimate of drug-likeness (QED) is 0.241. The summed E-state index contributed by atoms with van der Waals surface area (Å²) in [5.74, 6) is 0. The molecule has 0 aliphatic carbocycles. The molecule has 0 radical (unpaired) electrons. The first-order chi connectivity index (χ1) is 17.5. The van der Waals surface area contributed by atoms with E-state index in [1.807, 2.05) is 0 Å². The van der Waals surface area contributed by atoms with Crippen molar-refractivity contribution in [1.82, 2.24) is 9.13 Å². The first kappa shape index (κ1) is 21.0. The number of para-hydroxylation sites is 4. The van der Waals surface area contributed by atoms with Gasteiger partial charge < -0.3 is 9.13 Å². The lowest BCUT2D eigenvalue weighted by atomic mass is 9.85. The third-order valence-electron chi connectivity index (χ3n) is 7.45. The van der Waals surface area contributed by atoms with Crippen molar-refractivity contribution in [2.75, 3.05) is 0 Å². The summed E-state index contributed by atoms with van der Waals surface area (Å²) in [4.78, 5) is 0. The molecule has 7 rings (SSSR count). The van der Waals surface area contributed by atoms with Gasteiger partial charge in [-0.1, -0.05) is 99.6 Å². The monoisotopic (exact) mass is 464 g/mol.